The van der Waals surface area contributed by atoms with Gasteiger partial charge < -0.3 is 15.1 Å². The van der Waals surface area contributed by atoms with E-state index in [9.17, 15) is 31.9 Å². The van der Waals surface area contributed by atoms with Gasteiger partial charge in [0.2, 0.25) is 0 Å². The quantitative estimate of drug-likeness (QED) is 0.318. The van der Waals surface area contributed by atoms with Crippen molar-refractivity contribution in [2.45, 2.75) is 19.3 Å². The fourth-order valence-corrected chi connectivity index (χ4v) is 3.92. The number of amides is 2. The van der Waals surface area contributed by atoms with Gasteiger partial charge >= 0.3 is 11.9 Å². The lowest BCUT2D eigenvalue weighted by Gasteiger charge is -2.12. The zero-order valence-corrected chi connectivity index (χ0v) is 20.0. The van der Waals surface area contributed by atoms with E-state index < -0.39 is 35.1 Å². The molecule has 0 aliphatic rings. The molecule has 2 amide bonds. The van der Waals surface area contributed by atoms with Crippen molar-refractivity contribution in [2.75, 3.05) is 0 Å². The first-order valence-corrected chi connectivity index (χ1v) is 11.4. The summed E-state index contributed by atoms with van der Waals surface area (Å²) in [4.78, 5) is 41.7. The van der Waals surface area contributed by atoms with Crippen molar-refractivity contribution in [3.8, 4) is 0 Å². The minimum absolute atomic E-state index is 0.0212. The first-order chi connectivity index (χ1) is 18.5. The second-order valence-corrected chi connectivity index (χ2v) is 8.53. The first-order valence-electron chi connectivity index (χ1n) is 11.4. The van der Waals surface area contributed by atoms with E-state index in [1.54, 1.807) is 25.2 Å². The Balaban J connectivity index is 1.33. The Labute approximate surface area is 215 Å². The summed E-state index contributed by atoms with van der Waals surface area (Å²) in [6, 6.07) is 10.0. The summed E-state index contributed by atoms with van der Waals surface area (Å²) in [5, 5.41) is 9.16. The number of aryl methyl sites for hydroxylation is 1. The molecule has 3 heterocycles. The third-order valence-electron chi connectivity index (χ3n) is 5.92. The van der Waals surface area contributed by atoms with Gasteiger partial charge in [-0.1, -0.05) is 12.1 Å². The summed E-state index contributed by atoms with van der Waals surface area (Å²) < 4.78 is 60.2. The van der Waals surface area contributed by atoms with Crippen LogP contribution in [0.4, 0.5) is 17.6 Å². The number of fused-ring (bicyclic) bond motifs is 2. The molecule has 0 spiro atoms. The van der Waals surface area contributed by atoms with Gasteiger partial charge in [0.25, 0.3) is 11.8 Å². The SMILES string of the molecule is Cn1c(=O)oc2ccc(CNC(=O)c3cc(C(=O)NCc4ccc(F)c(C(F)(F)F)c4)n4nccc4n3)cc21. The van der Waals surface area contributed by atoms with E-state index in [1.807, 2.05) is 0 Å². The number of carbonyl (C=O) groups is 2. The number of aromatic nitrogens is 4. The smallest absolute Gasteiger partial charge is 0.408 e. The Kier molecular flexibility index (Phi) is 6.38. The summed E-state index contributed by atoms with van der Waals surface area (Å²) >= 11 is 0. The monoisotopic (exact) mass is 542 g/mol. The van der Waals surface area contributed by atoms with E-state index in [0.29, 0.717) is 28.8 Å². The lowest BCUT2D eigenvalue weighted by molar-refractivity contribution is -0.140. The number of rotatable bonds is 6. The lowest BCUT2D eigenvalue weighted by atomic mass is 10.1. The maximum atomic E-state index is 13.6. The maximum Gasteiger partial charge on any atom is 0.419 e. The van der Waals surface area contributed by atoms with Gasteiger partial charge in [-0.25, -0.2) is 18.7 Å². The van der Waals surface area contributed by atoms with Gasteiger partial charge in [-0.05, 0) is 35.4 Å². The highest BCUT2D eigenvalue weighted by Crippen LogP contribution is 2.31. The Morgan fingerprint density at radius 1 is 0.974 bits per heavy atom. The van der Waals surface area contributed by atoms with Gasteiger partial charge in [0.1, 0.15) is 17.2 Å². The number of oxazole rings is 1. The fraction of sp³-hybridized carbons (Fsp3) is 0.160. The van der Waals surface area contributed by atoms with E-state index in [-0.39, 0.29) is 35.7 Å². The third-order valence-corrected chi connectivity index (χ3v) is 5.92. The number of halogens is 4. The molecular formula is C25H18F4N6O4. The van der Waals surface area contributed by atoms with Crippen LogP contribution in [0.3, 0.4) is 0 Å². The Hall–Kier alpha value is -5.01. The van der Waals surface area contributed by atoms with Crippen molar-refractivity contribution in [3.05, 3.63) is 99.2 Å². The van der Waals surface area contributed by atoms with Crippen molar-refractivity contribution in [2.24, 2.45) is 7.05 Å². The number of hydrogen-bond donors (Lipinski definition) is 2. The molecule has 0 unspecified atom stereocenters. The van der Waals surface area contributed by atoms with Gasteiger partial charge in [-0.2, -0.15) is 18.3 Å². The van der Waals surface area contributed by atoms with Gasteiger partial charge in [-0.3, -0.25) is 14.2 Å². The van der Waals surface area contributed by atoms with Crippen molar-refractivity contribution >= 4 is 28.6 Å². The summed E-state index contributed by atoms with van der Waals surface area (Å²) in [6.45, 7) is -0.262. The van der Waals surface area contributed by atoms with Crippen molar-refractivity contribution < 1.29 is 31.6 Å². The van der Waals surface area contributed by atoms with Crippen molar-refractivity contribution in [3.63, 3.8) is 0 Å². The zero-order chi connectivity index (χ0) is 27.9. The summed E-state index contributed by atoms with van der Waals surface area (Å²) in [5.74, 6) is -3.29. The number of nitrogens with one attached hydrogen (secondary N) is 2. The van der Waals surface area contributed by atoms with Crippen LogP contribution in [-0.2, 0) is 26.3 Å². The number of nitrogens with zero attached hydrogens (tertiary/aromatic N) is 4. The van der Waals surface area contributed by atoms with Crippen LogP contribution in [0.15, 0.2) is 63.9 Å². The largest absolute Gasteiger partial charge is 0.419 e. The molecule has 0 saturated carbocycles. The molecule has 0 aliphatic carbocycles. The second-order valence-electron chi connectivity index (χ2n) is 8.53. The molecule has 0 saturated heterocycles. The molecule has 2 aromatic carbocycles. The van der Waals surface area contributed by atoms with Crippen molar-refractivity contribution in [1.29, 1.82) is 0 Å². The Morgan fingerprint density at radius 2 is 1.67 bits per heavy atom. The Bertz CT molecular complexity index is 1800. The normalized spacial score (nSPS) is 11.7. The van der Waals surface area contributed by atoms with Crippen LogP contribution in [-0.4, -0.2) is 31.0 Å². The molecular weight excluding hydrogens is 524 g/mol. The molecule has 0 radical (unpaired) electrons. The molecule has 14 heteroatoms. The van der Waals surface area contributed by atoms with Crippen LogP contribution in [0.2, 0.25) is 0 Å². The van der Waals surface area contributed by atoms with Crippen LogP contribution >= 0.6 is 0 Å². The van der Waals surface area contributed by atoms with Crippen LogP contribution < -0.4 is 16.4 Å². The molecule has 3 aromatic heterocycles. The van der Waals surface area contributed by atoms with E-state index in [4.69, 9.17) is 4.42 Å². The summed E-state index contributed by atoms with van der Waals surface area (Å²) in [5.41, 5.74) is 0.184. The van der Waals surface area contributed by atoms with Crippen LogP contribution in [0.1, 0.15) is 37.7 Å². The summed E-state index contributed by atoms with van der Waals surface area (Å²) in [6.07, 6.45) is -3.53. The van der Waals surface area contributed by atoms with E-state index in [2.05, 4.69) is 20.7 Å². The van der Waals surface area contributed by atoms with Crippen LogP contribution in [0.5, 0.6) is 0 Å². The molecule has 0 bridgehead atoms. The highest BCUT2D eigenvalue weighted by Gasteiger charge is 2.34. The van der Waals surface area contributed by atoms with Gasteiger partial charge in [0, 0.05) is 32.3 Å². The minimum Gasteiger partial charge on any atom is -0.408 e. The predicted molar refractivity (Wildman–Crippen MR) is 128 cm³/mol. The third kappa shape index (κ3) is 5.08. The molecule has 10 nitrogen and oxygen atoms in total. The van der Waals surface area contributed by atoms with Gasteiger partial charge in [0.15, 0.2) is 11.2 Å². The van der Waals surface area contributed by atoms with Gasteiger partial charge in [-0.15, -0.1) is 0 Å². The minimum atomic E-state index is -4.89. The standard InChI is InChI=1S/C25H18F4N6O4/c1-34-18-9-14(3-5-20(18)39-24(34)38)12-30-22(36)17-10-19(35-21(33-17)6-7-32-35)23(37)31-11-13-2-4-16(26)15(8-13)25(27,28)29/h2-10H,11-12H2,1H3,(H,30,36)(H,31,37). The Morgan fingerprint density at radius 3 is 2.41 bits per heavy atom. The van der Waals surface area contributed by atoms with Crippen molar-refractivity contribution in [1.82, 2.24) is 29.8 Å². The summed E-state index contributed by atoms with van der Waals surface area (Å²) in [7, 11) is 1.55. The molecule has 5 aromatic rings. The molecule has 0 aliphatic heterocycles. The molecule has 39 heavy (non-hydrogen) atoms. The molecule has 200 valence electrons. The maximum absolute atomic E-state index is 13.6. The highest BCUT2D eigenvalue weighted by molar-refractivity contribution is 5.98. The second kappa shape index (κ2) is 9.70. The number of alkyl halides is 3. The average molecular weight is 542 g/mol. The molecule has 2 N–H and O–H groups in total. The van der Waals surface area contributed by atoms with Crippen LogP contribution in [0.25, 0.3) is 16.7 Å². The first kappa shape index (κ1) is 25.6. The fourth-order valence-electron chi connectivity index (χ4n) is 3.92. The number of hydrogen-bond acceptors (Lipinski definition) is 6. The van der Waals surface area contributed by atoms with Crippen LogP contribution in [0, 0.1) is 5.82 Å². The van der Waals surface area contributed by atoms with E-state index >= 15 is 0 Å². The van der Waals surface area contributed by atoms with E-state index in [1.165, 1.54) is 27.4 Å². The lowest BCUT2D eigenvalue weighted by Crippen LogP contribution is -2.28. The number of benzene rings is 2. The number of carbonyl (C=O) groups excluding carboxylic acids is 2. The van der Waals surface area contributed by atoms with Gasteiger partial charge in [0.05, 0.1) is 17.3 Å². The van der Waals surface area contributed by atoms with E-state index in [0.717, 1.165) is 6.07 Å². The molecule has 0 atom stereocenters. The molecule has 5 rings (SSSR count). The average Bonchev–Trinajstić information content (AvgIpc) is 3.49. The molecule has 0 fully saturated rings. The topological polar surface area (TPSA) is 124 Å². The highest BCUT2D eigenvalue weighted by atomic mass is 19.4. The predicted octanol–water partition coefficient (Wildman–Crippen LogP) is 3.19. The zero-order valence-electron chi connectivity index (χ0n) is 20.0.